The largest absolute Gasteiger partial charge is 0.367 e. The molecular weight excluding hydrogens is 250 g/mol. The summed E-state index contributed by atoms with van der Waals surface area (Å²) in [4.78, 5) is 4.55. The first-order chi connectivity index (χ1) is 9.79. The number of hydrogen-bond acceptors (Lipinski definition) is 5. The molecule has 1 aromatic heterocycles. The molecule has 1 aliphatic heterocycles. The van der Waals surface area contributed by atoms with Crippen LogP contribution in [0.4, 0.5) is 5.69 Å². The SMILES string of the molecule is CC(C#N)N1CCN(c2cnnc3ccccc23)CC1. The van der Waals surface area contributed by atoms with Gasteiger partial charge in [-0.1, -0.05) is 18.2 Å². The van der Waals surface area contributed by atoms with Crippen molar-refractivity contribution in [1.29, 1.82) is 5.26 Å². The van der Waals surface area contributed by atoms with Crippen LogP contribution < -0.4 is 4.90 Å². The Kier molecular flexibility index (Phi) is 3.48. The Bertz CT molecular complexity index is 635. The fourth-order valence-electron chi connectivity index (χ4n) is 2.68. The summed E-state index contributed by atoms with van der Waals surface area (Å²) in [7, 11) is 0. The van der Waals surface area contributed by atoms with Crippen molar-refractivity contribution in [3.05, 3.63) is 30.5 Å². The van der Waals surface area contributed by atoms with Crippen LogP contribution in [-0.2, 0) is 0 Å². The average molecular weight is 267 g/mol. The van der Waals surface area contributed by atoms with Crippen LogP contribution in [0.25, 0.3) is 10.9 Å². The zero-order valence-corrected chi connectivity index (χ0v) is 11.5. The second-order valence-electron chi connectivity index (χ2n) is 5.08. The maximum Gasteiger partial charge on any atom is 0.0950 e. The fourth-order valence-corrected chi connectivity index (χ4v) is 2.68. The number of nitriles is 1. The molecule has 1 unspecified atom stereocenters. The van der Waals surface area contributed by atoms with Crippen LogP contribution in [0.1, 0.15) is 6.92 Å². The lowest BCUT2D eigenvalue weighted by Crippen LogP contribution is -2.49. The van der Waals surface area contributed by atoms with Gasteiger partial charge in [0.1, 0.15) is 0 Å². The molecule has 1 aliphatic rings. The van der Waals surface area contributed by atoms with Crippen LogP contribution in [0.3, 0.4) is 0 Å². The zero-order valence-electron chi connectivity index (χ0n) is 11.5. The maximum absolute atomic E-state index is 8.99. The summed E-state index contributed by atoms with van der Waals surface area (Å²) in [5.74, 6) is 0. The Labute approximate surface area is 118 Å². The van der Waals surface area contributed by atoms with Gasteiger partial charge in [-0.25, -0.2) is 0 Å². The minimum atomic E-state index is -0.00976. The van der Waals surface area contributed by atoms with Crippen LogP contribution in [0.15, 0.2) is 30.5 Å². The first-order valence-electron chi connectivity index (χ1n) is 6.88. The van der Waals surface area contributed by atoms with E-state index in [9.17, 15) is 0 Å². The molecule has 3 rings (SSSR count). The van der Waals surface area contributed by atoms with Gasteiger partial charge in [0, 0.05) is 31.6 Å². The van der Waals surface area contributed by atoms with E-state index in [1.807, 2.05) is 31.3 Å². The predicted molar refractivity (Wildman–Crippen MR) is 78.4 cm³/mol. The van der Waals surface area contributed by atoms with Crippen LogP contribution in [0.5, 0.6) is 0 Å². The van der Waals surface area contributed by atoms with Gasteiger partial charge in [-0.2, -0.15) is 15.5 Å². The number of rotatable bonds is 2. The molecule has 2 heterocycles. The van der Waals surface area contributed by atoms with Gasteiger partial charge in [-0.05, 0) is 13.0 Å². The molecule has 0 amide bonds. The lowest BCUT2D eigenvalue weighted by atomic mass is 10.1. The molecule has 1 saturated heterocycles. The topological polar surface area (TPSA) is 56.1 Å². The van der Waals surface area contributed by atoms with E-state index in [0.29, 0.717) is 0 Å². The Morgan fingerprint density at radius 2 is 1.95 bits per heavy atom. The normalized spacial score (nSPS) is 17.9. The smallest absolute Gasteiger partial charge is 0.0950 e. The molecule has 102 valence electrons. The third-order valence-corrected chi connectivity index (χ3v) is 3.92. The van der Waals surface area contributed by atoms with Crippen molar-refractivity contribution in [2.45, 2.75) is 13.0 Å². The highest BCUT2D eigenvalue weighted by Gasteiger charge is 2.22. The molecule has 5 nitrogen and oxygen atoms in total. The summed E-state index contributed by atoms with van der Waals surface area (Å²) in [6.45, 7) is 5.61. The second-order valence-corrected chi connectivity index (χ2v) is 5.08. The molecule has 1 fully saturated rings. The maximum atomic E-state index is 8.99. The summed E-state index contributed by atoms with van der Waals surface area (Å²) >= 11 is 0. The van der Waals surface area contributed by atoms with Crippen LogP contribution in [-0.4, -0.2) is 47.3 Å². The highest BCUT2D eigenvalue weighted by atomic mass is 15.3. The van der Waals surface area contributed by atoms with Crippen LogP contribution in [0, 0.1) is 11.3 Å². The van der Waals surface area contributed by atoms with Crippen molar-refractivity contribution >= 4 is 16.6 Å². The Morgan fingerprint density at radius 1 is 1.20 bits per heavy atom. The lowest BCUT2D eigenvalue weighted by Gasteiger charge is -2.37. The van der Waals surface area contributed by atoms with Gasteiger partial charge in [-0.15, -0.1) is 0 Å². The van der Waals surface area contributed by atoms with Gasteiger partial charge < -0.3 is 4.90 Å². The van der Waals surface area contributed by atoms with Gasteiger partial charge in [0.25, 0.3) is 0 Å². The van der Waals surface area contributed by atoms with Crippen molar-refractivity contribution in [3.8, 4) is 6.07 Å². The number of piperazine rings is 1. The summed E-state index contributed by atoms with van der Waals surface area (Å²) in [5, 5.41) is 18.4. The van der Waals surface area contributed by atoms with E-state index < -0.39 is 0 Å². The minimum Gasteiger partial charge on any atom is -0.367 e. The van der Waals surface area contributed by atoms with Crippen molar-refractivity contribution < 1.29 is 0 Å². The lowest BCUT2D eigenvalue weighted by molar-refractivity contribution is 0.232. The number of aromatic nitrogens is 2. The highest BCUT2D eigenvalue weighted by molar-refractivity contribution is 5.90. The molecule has 1 aromatic carbocycles. The summed E-state index contributed by atoms with van der Waals surface area (Å²) in [6, 6.07) is 10.4. The van der Waals surface area contributed by atoms with E-state index in [1.165, 1.54) is 0 Å². The summed E-state index contributed by atoms with van der Waals surface area (Å²) in [5.41, 5.74) is 2.07. The number of anilines is 1. The molecule has 0 aliphatic carbocycles. The van der Waals surface area contributed by atoms with Crippen LogP contribution >= 0.6 is 0 Å². The molecule has 20 heavy (non-hydrogen) atoms. The minimum absolute atomic E-state index is 0.00976. The average Bonchev–Trinajstić information content (AvgIpc) is 2.54. The molecule has 0 spiro atoms. The van der Waals surface area contributed by atoms with Crippen molar-refractivity contribution in [3.63, 3.8) is 0 Å². The van der Waals surface area contributed by atoms with E-state index >= 15 is 0 Å². The fraction of sp³-hybridized carbons (Fsp3) is 0.400. The van der Waals surface area contributed by atoms with E-state index in [2.05, 4.69) is 32.1 Å². The Hall–Kier alpha value is -2.19. The third kappa shape index (κ3) is 2.30. The first-order valence-corrected chi connectivity index (χ1v) is 6.88. The second kappa shape index (κ2) is 5.43. The number of hydrogen-bond donors (Lipinski definition) is 0. The predicted octanol–water partition coefficient (Wildman–Crippen LogP) is 1.66. The molecule has 0 saturated carbocycles. The third-order valence-electron chi connectivity index (χ3n) is 3.92. The van der Waals surface area contributed by atoms with Gasteiger partial charge in [0.05, 0.1) is 29.5 Å². The Balaban J connectivity index is 1.82. The number of nitrogens with zero attached hydrogens (tertiary/aromatic N) is 5. The molecule has 1 atom stereocenters. The summed E-state index contributed by atoms with van der Waals surface area (Å²) in [6.07, 6.45) is 1.84. The summed E-state index contributed by atoms with van der Waals surface area (Å²) < 4.78 is 0. The van der Waals surface area contributed by atoms with E-state index in [0.717, 1.165) is 42.8 Å². The standard InChI is InChI=1S/C15H17N5/c1-12(10-16)19-6-8-20(9-7-19)15-11-17-18-14-5-3-2-4-13(14)15/h2-5,11-12H,6-9H2,1H3. The van der Waals surface area contributed by atoms with Crippen LogP contribution in [0.2, 0.25) is 0 Å². The molecule has 2 aromatic rings. The molecule has 5 heteroatoms. The van der Waals surface area contributed by atoms with Crippen molar-refractivity contribution in [2.75, 3.05) is 31.1 Å². The molecule has 0 N–H and O–H groups in total. The van der Waals surface area contributed by atoms with E-state index in [-0.39, 0.29) is 6.04 Å². The molecular formula is C15H17N5. The van der Waals surface area contributed by atoms with Crippen molar-refractivity contribution in [1.82, 2.24) is 15.1 Å². The quantitative estimate of drug-likeness (QED) is 0.828. The highest BCUT2D eigenvalue weighted by Crippen LogP contribution is 2.25. The van der Waals surface area contributed by atoms with Gasteiger partial charge in [0.15, 0.2) is 0 Å². The van der Waals surface area contributed by atoms with Gasteiger partial charge in [-0.3, -0.25) is 4.90 Å². The molecule has 0 radical (unpaired) electrons. The monoisotopic (exact) mass is 267 g/mol. The first kappa shape index (κ1) is 12.8. The number of benzene rings is 1. The van der Waals surface area contributed by atoms with Gasteiger partial charge >= 0.3 is 0 Å². The van der Waals surface area contributed by atoms with Crippen molar-refractivity contribution in [2.24, 2.45) is 0 Å². The van der Waals surface area contributed by atoms with Gasteiger partial charge in [0.2, 0.25) is 0 Å². The van der Waals surface area contributed by atoms with E-state index in [4.69, 9.17) is 5.26 Å². The number of fused-ring (bicyclic) bond motifs is 1. The Morgan fingerprint density at radius 3 is 2.70 bits per heavy atom. The zero-order chi connectivity index (χ0) is 13.9. The van der Waals surface area contributed by atoms with E-state index in [1.54, 1.807) is 0 Å². The molecule has 0 bridgehead atoms.